The Morgan fingerprint density at radius 2 is 2.00 bits per heavy atom. The van der Waals surface area contributed by atoms with Gasteiger partial charge in [0.1, 0.15) is 0 Å². The molecule has 0 aliphatic heterocycles. The summed E-state index contributed by atoms with van der Waals surface area (Å²) in [4.78, 5) is 34.2. The van der Waals surface area contributed by atoms with Crippen LogP contribution in [0.4, 0.5) is 10.7 Å². The first-order chi connectivity index (χ1) is 12.4. The van der Waals surface area contributed by atoms with Gasteiger partial charge in [-0.3, -0.25) is 19.7 Å². The molecule has 1 aromatic heterocycles. The van der Waals surface area contributed by atoms with Gasteiger partial charge in [0.25, 0.3) is 0 Å². The van der Waals surface area contributed by atoms with Gasteiger partial charge in [-0.25, -0.2) is 5.43 Å². The normalized spacial score (nSPS) is 10.7. The molecule has 10 heteroatoms. The fourth-order valence-corrected chi connectivity index (χ4v) is 2.78. The van der Waals surface area contributed by atoms with Crippen molar-refractivity contribution in [1.29, 1.82) is 0 Å². The van der Waals surface area contributed by atoms with Gasteiger partial charge in [0, 0.05) is 29.6 Å². The summed E-state index contributed by atoms with van der Waals surface area (Å²) < 4.78 is 0. The third-order valence-corrected chi connectivity index (χ3v) is 4.68. The van der Waals surface area contributed by atoms with Crippen LogP contribution in [-0.4, -0.2) is 23.0 Å². The van der Waals surface area contributed by atoms with E-state index in [1.54, 1.807) is 25.1 Å². The number of halogens is 1. The highest BCUT2D eigenvalue weighted by Crippen LogP contribution is 2.23. The average molecular weight is 395 g/mol. The molecule has 2 rings (SSSR count). The number of carbonyl (C=O) groups is 2. The van der Waals surface area contributed by atoms with Gasteiger partial charge >= 0.3 is 5.00 Å². The summed E-state index contributed by atoms with van der Waals surface area (Å²) in [6.45, 7) is 1.79. The molecule has 0 aliphatic carbocycles. The van der Waals surface area contributed by atoms with Gasteiger partial charge < -0.3 is 5.32 Å². The predicted molar refractivity (Wildman–Crippen MR) is 101 cm³/mol. The molecule has 0 fully saturated rings. The zero-order chi connectivity index (χ0) is 19.1. The molecule has 2 aromatic rings. The molecule has 0 saturated carbocycles. The van der Waals surface area contributed by atoms with Gasteiger partial charge in [-0.1, -0.05) is 29.0 Å². The topological polar surface area (TPSA) is 114 Å². The third kappa shape index (κ3) is 5.64. The molecule has 0 bridgehead atoms. The fraction of sp³-hybridized carbons (Fsp3) is 0.188. The van der Waals surface area contributed by atoms with Crippen molar-refractivity contribution in [2.75, 3.05) is 5.32 Å². The van der Waals surface area contributed by atoms with Gasteiger partial charge in [0.2, 0.25) is 11.8 Å². The van der Waals surface area contributed by atoms with Crippen molar-refractivity contribution in [3.05, 3.63) is 55.9 Å². The van der Waals surface area contributed by atoms with Crippen LogP contribution < -0.4 is 10.7 Å². The van der Waals surface area contributed by atoms with E-state index in [1.807, 2.05) is 0 Å². The smallest absolute Gasteiger partial charge is 0.324 e. The monoisotopic (exact) mass is 394 g/mol. The Balaban J connectivity index is 1.77. The molecule has 0 spiro atoms. The Morgan fingerprint density at radius 3 is 2.69 bits per heavy atom. The third-order valence-electron chi connectivity index (χ3n) is 3.29. The number of thiophene rings is 1. The van der Waals surface area contributed by atoms with Crippen molar-refractivity contribution in [1.82, 2.24) is 5.43 Å². The Hall–Kier alpha value is -2.78. The summed E-state index contributed by atoms with van der Waals surface area (Å²) in [5.74, 6) is -0.756. The Bertz CT molecular complexity index is 866. The lowest BCUT2D eigenvalue weighted by Gasteiger charge is -2.09. The van der Waals surface area contributed by atoms with Gasteiger partial charge in [0.15, 0.2) is 0 Å². The van der Waals surface area contributed by atoms with E-state index < -0.39 is 10.8 Å². The van der Waals surface area contributed by atoms with Gasteiger partial charge in [-0.2, -0.15) is 5.10 Å². The van der Waals surface area contributed by atoms with Crippen molar-refractivity contribution in [2.24, 2.45) is 5.10 Å². The van der Waals surface area contributed by atoms with Crippen LogP contribution in [0.2, 0.25) is 5.02 Å². The zero-order valence-corrected chi connectivity index (χ0v) is 15.3. The predicted octanol–water partition coefficient (Wildman–Crippen LogP) is 3.49. The van der Waals surface area contributed by atoms with Crippen LogP contribution >= 0.6 is 22.9 Å². The minimum Gasteiger partial charge on any atom is -0.326 e. The van der Waals surface area contributed by atoms with E-state index in [4.69, 9.17) is 11.6 Å². The van der Waals surface area contributed by atoms with Crippen molar-refractivity contribution >= 4 is 51.7 Å². The number of amides is 2. The highest BCUT2D eigenvalue weighted by Gasteiger charge is 2.10. The largest absolute Gasteiger partial charge is 0.326 e. The number of hydrogen-bond donors (Lipinski definition) is 2. The van der Waals surface area contributed by atoms with Gasteiger partial charge in [-0.15, -0.1) is 0 Å². The molecule has 2 amide bonds. The summed E-state index contributed by atoms with van der Waals surface area (Å²) >= 11 is 6.92. The Kier molecular flexibility index (Phi) is 6.81. The second-order valence-electron chi connectivity index (χ2n) is 5.19. The number of benzene rings is 1. The van der Waals surface area contributed by atoms with Crippen LogP contribution in [0.15, 0.2) is 35.4 Å². The Labute approximate surface area is 158 Å². The standard InChI is InChI=1S/C16H15ClN4O4S/c1-10-12(17)3-2-4-13(10)19-14(22)6-7-15(23)20-18-9-11-5-8-16(26-11)21(24)25/h2-5,8-9H,6-7H2,1H3,(H,19,22)(H,20,23). The molecule has 8 nitrogen and oxygen atoms in total. The lowest BCUT2D eigenvalue weighted by molar-refractivity contribution is -0.380. The second kappa shape index (κ2) is 9.07. The molecule has 0 aliphatic rings. The average Bonchev–Trinajstić information content (AvgIpc) is 3.06. The number of nitrogens with one attached hydrogen (secondary N) is 2. The summed E-state index contributed by atoms with van der Waals surface area (Å²) in [6, 6.07) is 8.06. The molecule has 136 valence electrons. The van der Waals surface area contributed by atoms with Crippen molar-refractivity contribution in [3.63, 3.8) is 0 Å². The van der Waals surface area contributed by atoms with Crippen molar-refractivity contribution < 1.29 is 14.5 Å². The molecule has 1 aromatic carbocycles. The SMILES string of the molecule is Cc1c(Cl)cccc1NC(=O)CCC(=O)NN=Cc1ccc([N+](=O)[O-])s1. The molecule has 26 heavy (non-hydrogen) atoms. The van der Waals surface area contributed by atoms with Crippen molar-refractivity contribution in [3.8, 4) is 0 Å². The number of nitro groups is 1. The molecular formula is C16H15ClN4O4S. The van der Waals surface area contributed by atoms with Crippen LogP contribution in [0.5, 0.6) is 0 Å². The highest BCUT2D eigenvalue weighted by molar-refractivity contribution is 7.16. The number of anilines is 1. The highest BCUT2D eigenvalue weighted by atomic mass is 35.5. The van der Waals surface area contributed by atoms with E-state index in [9.17, 15) is 19.7 Å². The number of carbonyl (C=O) groups excluding carboxylic acids is 2. The molecule has 1 heterocycles. The summed E-state index contributed by atoms with van der Waals surface area (Å²) in [6.07, 6.45) is 1.25. The molecular weight excluding hydrogens is 380 g/mol. The number of rotatable bonds is 7. The fourth-order valence-electron chi connectivity index (χ4n) is 1.92. The van der Waals surface area contributed by atoms with Crippen molar-refractivity contribution in [2.45, 2.75) is 19.8 Å². The molecule has 0 radical (unpaired) electrons. The second-order valence-corrected chi connectivity index (χ2v) is 6.69. The molecule has 0 unspecified atom stereocenters. The lowest BCUT2D eigenvalue weighted by atomic mass is 10.2. The van der Waals surface area contributed by atoms with E-state index in [0.717, 1.165) is 16.9 Å². The quantitative estimate of drug-likeness (QED) is 0.425. The minimum atomic E-state index is -0.499. The summed E-state index contributed by atoms with van der Waals surface area (Å²) in [5.41, 5.74) is 3.62. The van der Waals surface area contributed by atoms with E-state index in [2.05, 4.69) is 15.8 Å². The maximum Gasteiger partial charge on any atom is 0.324 e. The maximum atomic E-state index is 11.9. The van der Waals surface area contributed by atoms with Gasteiger partial charge in [0.05, 0.1) is 16.0 Å². The lowest BCUT2D eigenvalue weighted by Crippen LogP contribution is -2.20. The first kappa shape index (κ1) is 19.5. The number of nitrogens with zero attached hydrogens (tertiary/aromatic N) is 2. The van der Waals surface area contributed by atoms with Gasteiger partial charge in [-0.05, 0) is 30.7 Å². The van der Waals surface area contributed by atoms with E-state index >= 15 is 0 Å². The van der Waals surface area contributed by atoms with Crippen LogP contribution in [0, 0.1) is 17.0 Å². The minimum absolute atomic E-state index is 0.00856. The van der Waals surface area contributed by atoms with Crippen LogP contribution in [-0.2, 0) is 9.59 Å². The molecule has 0 atom stereocenters. The van der Waals surface area contributed by atoms with E-state index in [-0.39, 0.29) is 23.7 Å². The number of hydrogen-bond acceptors (Lipinski definition) is 6. The van der Waals surface area contributed by atoms with E-state index in [0.29, 0.717) is 15.6 Å². The first-order valence-corrected chi connectivity index (χ1v) is 8.67. The summed E-state index contributed by atoms with van der Waals surface area (Å²) in [7, 11) is 0. The molecule has 0 saturated heterocycles. The number of hydrazone groups is 1. The maximum absolute atomic E-state index is 11.9. The van der Waals surface area contributed by atoms with Crippen LogP contribution in [0.25, 0.3) is 0 Å². The first-order valence-electron chi connectivity index (χ1n) is 7.48. The summed E-state index contributed by atoms with van der Waals surface area (Å²) in [5, 5.41) is 17.5. The zero-order valence-electron chi connectivity index (χ0n) is 13.7. The Morgan fingerprint density at radius 1 is 1.27 bits per heavy atom. The van der Waals surface area contributed by atoms with E-state index in [1.165, 1.54) is 18.3 Å². The van der Waals surface area contributed by atoms with Crippen LogP contribution in [0.1, 0.15) is 23.3 Å². The molecule has 2 N–H and O–H groups in total. The van der Waals surface area contributed by atoms with Crippen LogP contribution in [0.3, 0.4) is 0 Å².